The first kappa shape index (κ1) is 23.0. The lowest BCUT2D eigenvalue weighted by Gasteiger charge is -2.24. The molecule has 0 aliphatic rings. The van der Waals surface area contributed by atoms with Gasteiger partial charge in [-0.3, -0.25) is 9.10 Å². The Hall–Kier alpha value is -2.68. The maximum atomic E-state index is 13.4. The number of rotatable bonds is 7. The molecule has 0 bridgehead atoms. The van der Waals surface area contributed by atoms with Gasteiger partial charge in [-0.1, -0.05) is 41.4 Å². The van der Waals surface area contributed by atoms with Crippen molar-refractivity contribution in [1.82, 2.24) is 5.43 Å². The molecular formula is C22H22ClN3O3S2. The standard InChI is InChI=1S/C22H22ClN3O3S2/c1-15-6-10-19(11-7-15)31(28,29)26(18-9-8-16(2)20(23)13-18)14-22(27)25-24-17(3)21-5-4-12-30-21/h4-13H,14H2,1-3H3,(H,25,27)/b24-17-. The highest BCUT2D eigenvalue weighted by atomic mass is 35.5. The van der Waals surface area contributed by atoms with Crippen molar-refractivity contribution >= 4 is 50.3 Å². The molecule has 162 valence electrons. The fourth-order valence-electron chi connectivity index (χ4n) is 2.74. The molecule has 1 aromatic heterocycles. The molecule has 3 rings (SSSR count). The highest BCUT2D eigenvalue weighted by Crippen LogP contribution is 2.28. The van der Waals surface area contributed by atoms with Gasteiger partial charge in [-0.05, 0) is 62.0 Å². The summed E-state index contributed by atoms with van der Waals surface area (Å²) in [7, 11) is -4.01. The van der Waals surface area contributed by atoms with E-state index < -0.39 is 22.5 Å². The molecule has 0 spiro atoms. The van der Waals surface area contributed by atoms with E-state index in [-0.39, 0.29) is 4.90 Å². The number of aryl methyl sites for hydroxylation is 2. The molecule has 0 atom stereocenters. The van der Waals surface area contributed by atoms with Crippen LogP contribution in [0.25, 0.3) is 0 Å². The summed E-state index contributed by atoms with van der Waals surface area (Å²) in [4.78, 5) is 13.6. The minimum Gasteiger partial charge on any atom is -0.271 e. The Kier molecular flexibility index (Phi) is 7.15. The van der Waals surface area contributed by atoms with E-state index in [1.165, 1.54) is 29.5 Å². The summed E-state index contributed by atoms with van der Waals surface area (Å²) < 4.78 is 27.8. The van der Waals surface area contributed by atoms with Gasteiger partial charge in [0, 0.05) is 9.90 Å². The zero-order chi connectivity index (χ0) is 22.6. The minimum absolute atomic E-state index is 0.0841. The van der Waals surface area contributed by atoms with Crippen molar-refractivity contribution in [2.24, 2.45) is 5.10 Å². The lowest BCUT2D eigenvalue weighted by Crippen LogP contribution is -2.39. The second-order valence-corrected chi connectivity index (χ2v) is 10.2. The van der Waals surface area contributed by atoms with Crippen molar-refractivity contribution in [2.45, 2.75) is 25.7 Å². The lowest BCUT2D eigenvalue weighted by atomic mass is 10.2. The average molecular weight is 476 g/mol. The Morgan fingerprint density at radius 3 is 2.45 bits per heavy atom. The molecule has 31 heavy (non-hydrogen) atoms. The summed E-state index contributed by atoms with van der Waals surface area (Å²) >= 11 is 7.72. The summed E-state index contributed by atoms with van der Waals surface area (Å²) in [5.74, 6) is -0.566. The van der Waals surface area contributed by atoms with Gasteiger partial charge >= 0.3 is 0 Å². The summed E-state index contributed by atoms with van der Waals surface area (Å²) in [6, 6.07) is 15.1. The zero-order valence-corrected chi connectivity index (χ0v) is 19.7. The van der Waals surface area contributed by atoms with E-state index in [1.807, 2.05) is 31.4 Å². The van der Waals surface area contributed by atoms with E-state index in [9.17, 15) is 13.2 Å². The van der Waals surface area contributed by atoms with Gasteiger partial charge in [0.25, 0.3) is 15.9 Å². The number of nitrogens with zero attached hydrogens (tertiary/aromatic N) is 2. The van der Waals surface area contributed by atoms with Crippen LogP contribution in [-0.4, -0.2) is 26.6 Å². The Bertz CT molecular complexity index is 1210. The van der Waals surface area contributed by atoms with E-state index >= 15 is 0 Å². The number of sulfonamides is 1. The molecule has 3 aromatic rings. The zero-order valence-electron chi connectivity index (χ0n) is 17.3. The Morgan fingerprint density at radius 2 is 1.84 bits per heavy atom. The van der Waals surface area contributed by atoms with Crippen LogP contribution in [0.15, 0.2) is 70.0 Å². The third kappa shape index (κ3) is 5.52. The number of nitrogens with one attached hydrogen (secondary N) is 1. The summed E-state index contributed by atoms with van der Waals surface area (Å²) in [5.41, 5.74) is 5.11. The predicted molar refractivity (Wildman–Crippen MR) is 127 cm³/mol. The molecular weight excluding hydrogens is 454 g/mol. The van der Waals surface area contributed by atoms with Crippen molar-refractivity contribution in [3.63, 3.8) is 0 Å². The van der Waals surface area contributed by atoms with E-state index in [1.54, 1.807) is 31.2 Å². The highest BCUT2D eigenvalue weighted by Gasteiger charge is 2.27. The SMILES string of the molecule is C/C(=N/NC(=O)CN(c1ccc(C)c(Cl)c1)S(=O)(=O)c1ccc(C)cc1)c1cccs1. The van der Waals surface area contributed by atoms with Gasteiger partial charge in [-0.15, -0.1) is 11.3 Å². The van der Waals surface area contributed by atoms with Gasteiger partial charge in [0.2, 0.25) is 0 Å². The van der Waals surface area contributed by atoms with Crippen molar-refractivity contribution in [1.29, 1.82) is 0 Å². The van der Waals surface area contributed by atoms with Crippen LogP contribution in [0.1, 0.15) is 22.9 Å². The van der Waals surface area contributed by atoms with Gasteiger partial charge in [-0.2, -0.15) is 5.10 Å². The molecule has 0 aliphatic heterocycles. The topological polar surface area (TPSA) is 78.8 Å². The van der Waals surface area contributed by atoms with Crippen LogP contribution in [0.3, 0.4) is 0 Å². The second-order valence-electron chi connectivity index (χ2n) is 6.97. The van der Waals surface area contributed by atoms with Crippen molar-refractivity contribution in [3.8, 4) is 0 Å². The maximum absolute atomic E-state index is 13.4. The monoisotopic (exact) mass is 475 g/mol. The van der Waals surface area contributed by atoms with Crippen LogP contribution in [0, 0.1) is 13.8 Å². The van der Waals surface area contributed by atoms with Crippen molar-refractivity contribution < 1.29 is 13.2 Å². The normalized spacial score (nSPS) is 11.9. The molecule has 0 fully saturated rings. The number of halogens is 1. The highest BCUT2D eigenvalue weighted by molar-refractivity contribution is 7.92. The molecule has 0 aliphatic carbocycles. The smallest absolute Gasteiger partial charge is 0.264 e. The third-order valence-electron chi connectivity index (χ3n) is 4.57. The van der Waals surface area contributed by atoms with Crippen LogP contribution in [0.2, 0.25) is 5.02 Å². The molecule has 1 N–H and O–H groups in total. The van der Waals surface area contributed by atoms with E-state index in [0.29, 0.717) is 16.4 Å². The molecule has 6 nitrogen and oxygen atoms in total. The number of amides is 1. The third-order valence-corrected chi connectivity index (χ3v) is 7.74. The van der Waals surface area contributed by atoms with E-state index in [0.717, 1.165) is 20.3 Å². The first-order valence-electron chi connectivity index (χ1n) is 9.41. The first-order valence-corrected chi connectivity index (χ1v) is 12.1. The van der Waals surface area contributed by atoms with Gasteiger partial charge in [0.1, 0.15) is 6.54 Å². The first-order chi connectivity index (χ1) is 14.7. The molecule has 0 unspecified atom stereocenters. The van der Waals surface area contributed by atoms with Crippen molar-refractivity contribution in [3.05, 3.63) is 81.0 Å². The minimum atomic E-state index is -4.01. The predicted octanol–water partition coefficient (Wildman–Crippen LogP) is 4.75. The molecule has 1 heterocycles. The molecule has 1 amide bonds. The number of anilines is 1. The Balaban J connectivity index is 1.92. The quantitative estimate of drug-likeness (QED) is 0.395. The van der Waals surface area contributed by atoms with Gasteiger partial charge < -0.3 is 0 Å². The van der Waals surface area contributed by atoms with Crippen LogP contribution in [0.5, 0.6) is 0 Å². The van der Waals surface area contributed by atoms with Gasteiger partial charge in [-0.25, -0.2) is 13.8 Å². The summed E-state index contributed by atoms with van der Waals surface area (Å²) in [6.07, 6.45) is 0. The van der Waals surface area contributed by atoms with E-state index in [2.05, 4.69) is 10.5 Å². The summed E-state index contributed by atoms with van der Waals surface area (Å²) in [5, 5.41) is 6.41. The molecule has 0 radical (unpaired) electrons. The molecule has 0 saturated heterocycles. The maximum Gasteiger partial charge on any atom is 0.264 e. The largest absolute Gasteiger partial charge is 0.271 e. The fourth-order valence-corrected chi connectivity index (χ4v) is 5.01. The molecule has 9 heteroatoms. The van der Waals surface area contributed by atoms with Crippen LogP contribution in [0.4, 0.5) is 5.69 Å². The number of hydrogen-bond donors (Lipinski definition) is 1. The van der Waals surface area contributed by atoms with Crippen LogP contribution < -0.4 is 9.73 Å². The number of hydrazone groups is 1. The number of hydrogen-bond acceptors (Lipinski definition) is 5. The number of thiophene rings is 1. The second kappa shape index (κ2) is 9.64. The van der Waals surface area contributed by atoms with Gasteiger partial charge in [0.05, 0.1) is 16.3 Å². The Labute approximate surface area is 191 Å². The number of carbonyl (C=O) groups is 1. The summed E-state index contributed by atoms with van der Waals surface area (Å²) in [6.45, 7) is 5.01. The van der Waals surface area contributed by atoms with Gasteiger partial charge in [0.15, 0.2) is 0 Å². The number of carbonyl (C=O) groups excluding carboxylic acids is 1. The Morgan fingerprint density at radius 1 is 1.13 bits per heavy atom. The van der Waals surface area contributed by atoms with E-state index in [4.69, 9.17) is 11.6 Å². The van der Waals surface area contributed by atoms with Crippen molar-refractivity contribution in [2.75, 3.05) is 10.8 Å². The lowest BCUT2D eigenvalue weighted by molar-refractivity contribution is -0.119. The number of benzene rings is 2. The average Bonchev–Trinajstić information content (AvgIpc) is 3.27. The molecule has 0 saturated carbocycles. The van der Waals surface area contributed by atoms with Crippen LogP contribution >= 0.6 is 22.9 Å². The fraction of sp³-hybridized carbons (Fsp3) is 0.182. The van der Waals surface area contributed by atoms with Crippen LogP contribution in [-0.2, 0) is 14.8 Å². The molecule has 2 aromatic carbocycles.